The van der Waals surface area contributed by atoms with Gasteiger partial charge in [-0.1, -0.05) is 12.1 Å². The standard InChI is InChI=1S/C32H26O10/c1-39-21-9-19(10-22(15-21)40-2)31(37)29(35)17-5-7-25(27(33)13-17)26-8-6-18(14-28(26)34)30(36)32(38)20-11-23(41-3)16-24(12-20)42-4/h5-16,33-34H,1-4H3. The number of hydrogen-bond acceptors (Lipinski definition) is 10. The normalized spacial score (nSPS) is 10.5. The van der Waals surface area contributed by atoms with Crippen molar-refractivity contribution in [2.75, 3.05) is 28.4 Å². The van der Waals surface area contributed by atoms with Crippen LogP contribution in [0.4, 0.5) is 0 Å². The Kier molecular flexibility index (Phi) is 8.56. The van der Waals surface area contributed by atoms with Gasteiger partial charge >= 0.3 is 0 Å². The third kappa shape index (κ3) is 5.92. The molecule has 0 fully saturated rings. The van der Waals surface area contributed by atoms with Crippen molar-refractivity contribution in [2.45, 2.75) is 0 Å². The zero-order valence-electron chi connectivity index (χ0n) is 23.1. The molecule has 0 radical (unpaired) electrons. The number of rotatable bonds is 11. The predicted molar refractivity (Wildman–Crippen MR) is 152 cm³/mol. The lowest BCUT2D eigenvalue weighted by atomic mass is 9.95. The van der Waals surface area contributed by atoms with E-state index in [1.807, 2.05) is 0 Å². The molecule has 0 atom stereocenters. The minimum absolute atomic E-state index is 0.0413. The molecular formula is C32H26O10. The summed E-state index contributed by atoms with van der Waals surface area (Å²) in [5, 5.41) is 21.4. The average molecular weight is 571 g/mol. The fourth-order valence-corrected chi connectivity index (χ4v) is 4.20. The lowest BCUT2D eigenvalue weighted by Gasteiger charge is -2.11. The highest BCUT2D eigenvalue weighted by Gasteiger charge is 2.24. The van der Waals surface area contributed by atoms with E-state index in [2.05, 4.69) is 0 Å². The van der Waals surface area contributed by atoms with Crippen molar-refractivity contribution in [3.05, 3.63) is 95.1 Å². The maximum absolute atomic E-state index is 12.9. The fourth-order valence-electron chi connectivity index (χ4n) is 4.20. The second-order valence-electron chi connectivity index (χ2n) is 8.98. The summed E-state index contributed by atoms with van der Waals surface area (Å²) in [4.78, 5) is 51.6. The molecule has 4 aromatic carbocycles. The van der Waals surface area contributed by atoms with Gasteiger partial charge in [-0.2, -0.15) is 0 Å². The number of carbonyl (C=O) groups excluding carboxylic acids is 4. The first-order chi connectivity index (χ1) is 20.1. The highest BCUT2D eigenvalue weighted by molar-refractivity contribution is 6.50. The van der Waals surface area contributed by atoms with Gasteiger partial charge in [0.2, 0.25) is 23.1 Å². The van der Waals surface area contributed by atoms with Crippen molar-refractivity contribution in [1.29, 1.82) is 0 Å². The van der Waals surface area contributed by atoms with Gasteiger partial charge in [0.05, 0.1) is 28.4 Å². The van der Waals surface area contributed by atoms with E-state index >= 15 is 0 Å². The smallest absolute Gasteiger partial charge is 0.233 e. The zero-order valence-corrected chi connectivity index (χ0v) is 23.1. The summed E-state index contributed by atoms with van der Waals surface area (Å²) < 4.78 is 20.6. The van der Waals surface area contributed by atoms with Gasteiger partial charge < -0.3 is 29.2 Å². The number of phenols is 2. The van der Waals surface area contributed by atoms with Gasteiger partial charge in [0.15, 0.2) is 0 Å². The van der Waals surface area contributed by atoms with Crippen molar-refractivity contribution in [3.8, 4) is 45.6 Å². The van der Waals surface area contributed by atoms with Crippen molar-refractivity contribution in [1.82, 2.24) is 0 Å². The van der Waals surface area contributed by atoms with Crippen LogP contribution < -0.4 is 18.9 Å². The first kappa shape index (κ1) is 29.3. The molecule has 10 nitrogen and oxygen atoms in total. The van der Waals surface area contributed by atoms with Crippen LogP contribution in [0.25, 0.3) is 11.1 Å². The van der Waals surface area contributed by atoms with Gasteiger partial charge in [0, 0.05) is 45.5 Å². The number of carbonyl (C=O) groups is 4. The quantitative estimate of drug-likeness (QED) is 0.188. The van der Waals surface area contributed by atoms with E-state index in [1.165, 1.54) is 77.0 Å². The molecule has 0 heterocycles. The van der Waals surface area contributed by atoms with E-state index in [-0.39, 0.29) is 33.4 Å². The highest BCUT2D eigenvalue weighted by Crippen LogP contribution is 2.37. The third-order valence-corrected chi connectivity index (χ3v) is 6.45. The van der Waals surface area contributed by atoms with Gasteiger partial charge in [0.25, 0.3) is 0 Å². The molecule has 10 heteroatoms. The van der Waals surface area contributed by atoms with Crippen LogP contribution in [0.1, 0.15) is 41.4 Å². The van der Waals surface area contributed by atoms with Crippen LogP contribution >= 0.6 is 0 Å². The van der Waals surface area contributed by atoms with Gasteiger partial charge in [-0.15, -0.1) is 0 Å². The van der Waals surface area contributed by atoms with E-state index in [0.717, 1.165) is 12.1 Å². The number of benzene rings is 4. The van der Waals surface area contributed by atoms with Crippen molar-refractivity contribution < 1.29 is 48.3 Å². The molecule has 0 spiro atoms. The molecule has 0 aliphatic rings. The Morgan fingerprint density at radius 2 is 0.714 bits per heavy atom. The van der Waals surface area contributed by atoms with Crippen LogP contribution in [0.15, 0.2) is 72.8 Å². The zero-order chi connectivity index (χ0) is 30.6. The molecule has 0 saturated heterocycles. The Morgan fingerprint density at radius 3 is 0.976 bits per heavy atom. The Bertz CT molecular complexity index is 1550. The molecule has 0 unspecified atom stereocenters. The molecule has 214 valence electrons. The molecule has 0 amide bonds. The van der Waals surface area contributed by atoms with Crippen LogP contribution in [0.3, 0.4) is 0 Å². The minimum atomic E-state index is -0.884. The number of hydrogen-bond donors (Lipinski definition) is 2. The van der Waals surface area contributed by atoms with Crippen molar-refractivity contribution in [2.24, 2.45) is 0 Å². The summed E-state index contributed by atoms with van der Waals surface area (Å²) >= 11 is 0. The lowest BCUT2D eigenvalue weighted by molar-refractivity contribution is 0.0816. The molecule has 4 aromatic rings. The molecule has 0 aliphatic heterocycles. The molecule has 2 N–H and O–H groups in total. The maximum Gasteiger partial charge on any atom is 0.233 e. The number of phenolic OH excluding ortho intramolecular Hbond substituents is 2. The summed E-state index contributed by atoms with van der Waals surface area (Å²) in [6.07, 6.45) is 0. The number of Topliss-reactive ketones (excluding diaryl/α,β-unsaturated/α-hetero) is 4. The second kappa shape index (κ2) is 12.3. The van der Waals surface area contributed by atoms with E-state index < -0.39 is 34.6 Å². The van der Waals surface area contributed by atoms with Gasteiger partial charge in [-0.05, 0) is 48.5 Å². The average Bonchev–Trinajstić information content (AvgIpc) is 3.02. The Hall–Kier alpha value is -5.64. The Labute approximate surface area is 240 Å². The van der Waals surface area contributed by atoms with E-state index in [9.17, 15) is 29.4 Å². The third-order valence-electron chi connectivity index (χ3n) is 6.45. The van der Waals surface area contributed by atoms with E-state index in [1.54, 1.807) is 12.1 Å². The molecule has 0 saturated carbocycles. The minimum Gasteiger partial charge on any atom is -0.507 e. The monoisotopic (exact) mass is 570 g/mol. The van der Waals surface area contributed by atoms with Crippen molar-refractivity contribution >= 4 is 23.1 Å². The highest BCUT2D eigenvalue weighted by atomic mass is 16.5. The largest absolute Gasteiger partial charge is 0.507 e. The number of ether oxygens (including phenoxy) is 4. The Balaban J connectivity index is 1.58. The van der Waals surface area contributed by atoms with Crippen LogP contribution in [0.2, 0.25) is 0 Å². The molecule has 0 aliphatic carbocycles. The number of aromatic hydroxyl groups is 2. The van der Waals surface area contributed by atoms with Gasteiger partial charge in [0.1, 0.15) is 34.5 Å². The summed E-state index contributed by atoms with van der Waals surface area (Å²) in [6, 6.07) is 16.3. The lowest BCUT2D eigenvalue weighted by Crippen LogP contribution is -2.15. The second-order valence-corrected chi connectivity index (χ2v) is 8.98. The first-order valence-electron chi connectivity index (χ1n) is 12.4. The van der Waals surface area contributed by atoms with Crippen LogP contribution in [-0.4, -0.2) is 61.8 Å². The van der Waals surface area contributed by atoms with Crippen LogP contribution in [-0.2, 0) is 0 Å². The Morgan fingerprint density at radius 1 is 0.429 bits per heavy atom. The predicted octanol–water partition coefficient (Wildman–Crippen LogP) is 4.93. The number of ketones is 4. The van der Waals surface area contributed by atoms with E-state index in [4.69, 9.17) is 18.9 Å². The topological polar surface area (TPSA) is 146 Å². The molecule has 4 rings (SSSR count). The summed E-state index contributed by atoms with van der Waals surface area (Å²) in [7, 11) is 5.65. The maximum atomic E-state index is 12.9. The summed E-state index contributed by atoms with van der Waals surface area (Å²) in [5.74, 6) is -2.95. The number of methoxy groups -OCH3 is 4. The first-order valence-corrected chi connectivity index (χ1v) is 12.4. The summed E-state index contributed by atoms with van der Waals surface area (Å²) in [6.45, 7) is 0. The van der Waals surface area contributed by atoms with Gasteiger partial charge in [-0.3, -0.25) is 19.2 Å². The van der Waals surface area contributed by atoms with Crippen LogP contribution in [0.5, 0.6) is 34.5 Å². The molecule has 0 aromatic heterocycles. The summed E-state index contributed by atoms with van der Waals surface area (Å²) in [5.41, 5.74) is 0.159. The molecule has 42 heavy (non-hydrogen) atoms. The van der Waals surface area contributed by atoms with Crippen molar-refractivity contribution in [3.63, 3.8) is 0 Å². The van der Waals surface area contributed by atoms with E-state index in [0.29, 0.717) is 23.0 Å². The van der Waals surface area contributed by atoms with Gasteiger partial charge in [-0.25, -0.2) is 0 Å². The van der Waals surface area contributed by atoms with Crippen LogP contribution in [0, 0.1) is 0 Å². The fraction of sp³-hybridized carbons (Fsp3) is 0.125. The molecule has 0 bridgehead atoms. The SMILES string of the molecule is COc1cc(OC)cc(C(=O)C(=O)c2ccc(-c3ccc(C(=O)C(=O)c4cc(OC)cc(OC)c4)cc3O)c(O)c2)c1. The molecular weight excluding hydrogens is 544 g/mol.